The Morgan fingerprint density at radius 1 is 1.10 bits per heavy atom. The summed E-state index contributed by atoms with van der Waals surface area (Å²) in [5.74, 6) is 0.284. The van der Waals surface area contributed by atoms with Crippen LogP contribution < -0.4 is 15.2 Å². The minimum atomic E-state index is -3.78. The molecule has 21 heavy (non-hydrogen) atoms. The van der Waals surface area contributed by atoms with Gasteiger partial charge in [0.05, 0.1) is 33.4 Å². The minimum absolute atomic E-state index is 0.0274. The molecule has 0 radical (unpaired) electrons. The first-order valence-corrected chi connectivity index (χ1v) is 7.99. The van der Waals surface area contributed by atoms with Crippen LogP contribution in [0.3, 0.4) is 0 Å². The third-order valence-corrected chi connectivity index (χ3v) is 4.81. The molecule has 2 rings (SSSR count). The molecule has 0 saturated heterocycles. The Bertz CT molecular complexity index is 779. The van der Waals surface area contributed by atoms with Gasteiger partial charge in [0, 0.05) is 6.07 Å². The van der Waals surface area contributed by atoms with Gasteiger partial charge in [-0.05, 0) is 30.3 Å². The summed E-state index contributed by atoms with van der Waals surface area (Å²) < 4.78 is 32.0. The van der Waals surface area contributed by atoms with E-state index in [2.05, 4.69) is 4.72 Å². The van der Waals surface area contributed by atoms with Gasteiger partial charge in [-0.1, -0.05) is 23.2 Å². The highest BCUT2D eigenvalue weighted by molar-refractivity contribution is 7.92. The van der Waals surface area contributed by atoms with Crippen LogP contribution in [0, 0.1) is 0 Å². The van der Waals surface area contributed by atoms with E-state index >= 15 is 0 Å². The maximum absolute atomic E-state index is 12.3. The van der Waals surface area contributed by atoms with Crippen molar-refractivity contribution in [3.05, 3.63) is 46.4 Å². The van der Waals surface area contributed by atoms with Crippen molar-refractivity contribution in [1.29, 1.82) is 0 Å². The summed E-state index contributed by atoms with van der Waals surface area (Å²) in [5, 5.41) is 0.598. The summed E-state index contributed by atoms with van der Waals surface area (Å²) in [5.41, 5.74) is 6.32. The average Bonchev–Trinajstić information content (AvgIpc) is 2.43. The van der Waals surface area contributed by atoms with Gasteiger partial charge in [0.1, 0.15) is 5.75 Å². The van der Waals surface area contributed by atoms with Crippen LogP contribution in [0.25, 0.3) is 0 Å². The first kappa shape index (κ1) is 15.8. The average molecular weight is 347 g/mol. The van der Waals surface area contributed by atoms with Crippen molar-refractivity contribution < 1.29 is 13.2 Å². The molecule has 0 bridgehead atoms. The van der Waals surface area contributed by atoms with Crippen molar-refractivity contribution in [2.45, 2.75) is 4.90 Å². The number of benzene rings is 2. The molecule has 3 N–H and O–H groups in total. The standard InChI is InChI=1S/C13H12Cl2N2O3S/c1-20-13-7-9(3-5-12(13)16)21(18,19)17-8-2-4-10(14)11(15)6-8/h2-7,17H,16H2,1H3. The molecule has 112 valence electrons. The van der Waals surface area contributed by atoms with Crippen molar-refractivity contribution in [1.82, 2.24) is 0 Å². The monoisotopic (exact) mass is 346 g/mol. The molecule has 0 atom stereocenters. The maximum atomic E-state index is 12.3. The highest BCUT2D eigenvalue weighted by Gasteiger charge is 2.16. The molecule has 2 aromatic carbocycles. The first-order chi connectivity index (χ1) is 9.83. The number of hydrogen-bond acceptors (Lipinski definition) is 4. The SMILES string of the molecule is COc1cc(S(=O)(=O)Nc2ccc(Cl)c(Cl)c2)ccc1N. The molecule has 0 aliphatic rings. The molecule has 0 aliphatic heterocycles. The Kier molecular flexibility index (Phi) is 4.51. The summed E-state index contributed by atoms with van der Waals surface area (Å²) >= 11 is 11.6. The lowest BCUT2D eigenvalue weighted by Gasteiger charge is -2.11. The first-order valence-electron chi connectivity index (χ1n) is 5.75. The van der Waals surface area contributed by atoms with Crippen molar-refractivity contribution in [3.8, 4) is 5.75 Å². The number of nitrogen functional groups attached to an aromatic ring is 1. The van der Waals surface area contributed by atoms with E-state index in [9.17, 15) is 8.42 Å². The number of hydrogen-bond donors (Lipinski definition) is 2. The number of sulfonamides is 1. The number of nitrogens with one attached hydrogen (secondary N) is 1. The van der Waals surface area contributed by atoms with E-state index in [1.165, 1.54) is 43.5 Å². The second-order valence-corrected chi connectivity index (χ2v) is 6.63. The van der Waals surface area contributed by atoms with Gasteiger partial charge < -0.3 is 10.5 Å². The Morgan fingerprint density at radius 3 is 2.43 bits per heavy atom. The summed E-state index contributed by atoms with van der Waals surface area (Å²) in [7, 11) is -2.37. The lowest BCUT2D eigenvalue weighted by molar-refractivity contribution is 0.415. The van der Waals surface area contributed by atoms with Crippen LogP contribution in [0.4, 0.5) is 11.4 Å². The highest BCUT2D eigenvalue weighted by Crippen LogP contribution is 2.28. The van der Waals surface area contributed by atoms with Crippen molar-refractivity contribution in [2.75, 3.05) is 17.6 Å². The fraction of sp³-hybridized carbons (Fsp3) is 0.0769. The molecule has 0 amide bonds. The normalized spacial score (nSPS) is 11.2. The fourth-order valence-corrected chi connectivity index (χ4v) is 2.99. The largest absolute Gasteiger partial charge is 0.495 e. The number of nitrogens with two attached hydrogens (primary N) is 1. The van der Waals surface area contributed by atoms with Crippen LogP contribution in [-0.4, -0.2) is 15.5 Å². The number of rotatable bonds is 4. The predicted octanol–water partition coefficient (Wildman–Crippen LogP) is 3.39. The van der Waals surface area contributed by atoms with E-state index in [0.717, 1.165) is 0 Å². The molecule has 0 heterocycles. The van der Waals surface area contributed by atoms with Crippen LogP contribution in [0.5, 0.6) is 5.75 Å². The van der Waals surface area contributed by atoms with E-state index < -0.39 is 10.0 Å². The summed E-state index contributed by atoms with van der Waals surface area (Å²) in [6, 6.07) is 8.64. The maximum Gasteiger partial charge on any atom is 0.262 e. The van der Waals surface area contributed by atoms with Crippen LogP contribution in [0.1, 0.15) is 0 Å². The van der Waals surface area contributed by atoms with E-state index in [1.54, 1.807) is 0 Å². The van der Waals surface area contributed by atoms with E-state index in [0.29, 0.717) is 16.4 Å². The van der Waals surface area contributed by atoms with Gasteiger partial charge in [-0.3, -0.25) is 4.72 Å². The van der Waals surface area contributed by atoms with Crippen LogP contribution in [-0.2, 0) is 10.0 Å². The van der Waals surface area contributed by atoms with Gasteiger partial charge in [0.25, 0.3) is 10.0 Å². The molecule has 8 heteroatoms. The molecule has 2 aromatic rings. The molecular weight excluding hydrogens is 335 g/mol. The zero-order valence-corrected chi connectivity index (χ0v) is 13.3. The van der Waals surface area contributed by atoms with Crippen LogP contribution in [0.2, 0.25) is 10.0 Å². The summed E-state index contributed by atoms with van der Waals surface area (Å²) in [6.45, 7) is 0. The second-order valence-electron chi connectivity index (χ2n) is 4.14. The number of methoxy groups -OCH3 is 1. The zero-order chi connectivity index (χ0) is 15.6. The smallest absolute Gasteiger partial charge is 0.262 e. The van der Waals surface area contributed by atoms with Gasteiger partial charge in [-0.25, -0.2) is 8.42 Å². The minimum Gasteiger partial charge on any atom is -0.495 e. The van der Waals surface area contributed by atoms with Gasteiger partial charge in [-0.15, -0.1) is 0 Å². The molecule has 0 aliphatic carbocycles. The van der Waals surface area contributed by atoms with E-state index in [4.69, 9.17) is 33.7 Å². The molecule has 5 nitrogen and oxygen atoms in total. The van der Waals surface area contributed by atoms with Crippen molar-refractivity contribution in [3.63, 3.8) is 0 Å². The fourth-order valence-electron chi connectivity index (χ4n) is 1.63. The second kappa shape index (κ2) is 6.01. The van der Waals surface area contributed by atoms with Gasteiger partial charge in [0.15, 0.2) is 0 Å². The molecule has 0 spiro atoms. The molecular formula is C13H12Cl2N2O3S. The van der Waals surface area contributed by atoms with Crippen LogP contribution >= 0.6 is 23.2 Å². The Labute approximate surface area is 132 Å². The third kappa shape index (κ3) is 3.53. The molecule has 0 aromatic heterocycles. The lowest BCUT2D eigenvalue weighted by Crippen LogP contribution is -2.13. The van der Waals surface area contributed by atoms with E-state index in [-0.39, 0.29) is 15.7 Å². The van der Waals surface area contributed by atoms with Gasteiger partial charge >= 0.3 is 0 Å². The third-order valence-electron chi connectivity index (χ3n) is 2.69. The quantitative estimate of drug-likeness (QED) is 0.831. The summed E-state index contributed by atoms with van der Waals surface area (Å²) in [6.07, 6.45) is 0. The number of halogens is 2. The Hall–Kier alpha value is -1.63. The molecule has 0 saturated carbocycles. The van der Waals surface area contributed by atoms with Crippen molar-refractivity contribution in [2.24, 2.45) is 0 Å². The topological polar surface area (TPSA) is 81.4 Å². The Balaban J connectivity index is 2.35. The Morgan fingerprint density at radius 2 is 1.81 bits per heavy atom. The van der Waals surface area contributed by atoms with Crippen molar-refractivity contribution >= 4 is 44.6 Å². The molecule has 0 fully saturated rings. The molecule has 0 unspecified atom stereocenters. The van der Waals surface area contributed by atoms with Gasteiger partial charge in [0.2, 0.25) is 0 Å². The van der Waals surface area contributed by atoms with E-state index in [1.807, 2.05) is 0 Å². The highest BCUT2D eigenvalue weighted by atomic mass is 35.5. The summed E-state index contributed by atoms with van der Waals surface area (Å²) in [4.78, 5) is 0.0274. The number of anilines is 2. The zero-order valence-electron chi connectivity index (χ0n) is 10.9. The predicted molar refractivity (Wildman–Crippen MR) is 84.7 cm³/mol. The lowest BCUT2D eigenvalue weighted by atomic mass is 10.3. The van der Waals surface area contributed by atoms with Crippen LogP contribution in [0.15, 0.2) is 41.3 Å². The number of ether oxygens (including phenoxy) is 1. The van der Waals surface area contributed by atoms with Gasteiger partial charge in [-0.2, -0.15) is 0 Å².